The van der Waals surface area contributed by atoms with Crippen molar-refractivity contribution in [2.45, 2.75) is 407 Å². The third kappa shape index (κ3) is 67.3. The van der Waals surface area contributed by atoms with E-state index in [2.05, 4.69) is 41.5 Å². The largest absolute Gasteiger partial charge is 0.472 e. The molecule has 0 heterocycles. The number of carbonyl (C=O) groups is 4. The summed E-state index contributed by atoms with van der Waals surface area (Å²) in [5.74, 6) is -0.555. The quantitative estimate of drug-likeness (QED) is 0.0222. The van der Waals surface area contributed by atoms with E-state index in [0.717, 1.165) is 102 Å². The summed E-state index contributed by atoms with van der Waals surface area (Å²) in [6.45, 7) is 9.56. The number of phosphoric ester groups is 2. The molecule has 17 nitrogen and oxygen atoms in total. The molecule has 558 valence electrons. The predicted octanol–water partition coefficient (Wildman–Crippen LogP) is 21.9. The van der Waals surface area contributed by atoms with Gasteiger partial charge in [0.25, 0.3) is 0 Å². The SMILES string of the molecule is CCCCCCCCCCCCCCCCC(=O)OC[C@H](COP(=O)(O)OC[C@@H](O)COP(=O)(O)OC[C@@H](COC(=O)CCCCCCCCCC)OC(=O)CCCCCCCCCC(C)C)OC(=O)CCCCCCCCCCCCCCCCCCCCC(C)CC. The number of esters is 4. The summed E-state index contributed by atoms with van der Waals surface area (Å²) in [6, 6.07) is 0. The molecule has 0 saturated heterocycles. The highest BCUT2D eigenvalue weighted by Gasteiger charge is 2.30. The number of carbonyl (C=O) groups excluding carboxylic acids is 4. The van der Waals surface area contributed by atoms with Gasteiger partial charge in [0.15, 0.2) is 12.2 Å². The maximum atomic E-state index is 13.1. The van der Waals surface area contributed by atoms with Crippen LogP contribution in [0.5, 0.6) is 0 Å². The summed E-state index contributed by atoms with van der Waals surface area (Å²) < 4.78 is 68.3. The van der Waals surface area contributed by atoms with Crippen molar-refractivity contribution in [1.29, 1.82) is 0 Å². The molecule has 0 spiro atoms. The van der Waals surface area contributed by atoms with Gasteiger partial charge < -0.3 is 33.8 Å². The standard InChI is InChI=1S/C75H146O17P2/c1-7-10-12-14-16-18-19-20-28-31-34-40-46-52-58-73(78)86-64-70(91-74(79)59-53-47-41-35-32-29-26-24-22-21-23-25-27-30-33-38-44-50-56-68(6)9-3)65-89-93(81,82)87-61-69(76)62-88-94(83,84)90-66-71(63-85-72(77)57-51-45-39-17-15-13-11-8-2)92-75(80)60-54-48-42-36-37-43-49-55-67(4)5/h67-71,76H,7-66H2,1-6H3,(H,81,82)(H,83,84)/t68?,69-,70-,71-/m1/s1. The highest BCUT2D eigenvalue weighted by molar-refractivity contribution is 7.47. The van der Waals surface area contributed by atoms with E-state index >= 15 is 0 Å². The maximum Gasteiger partial charge on any atom is 0.472 e. The first-order valence-electron chi connectivity index (χ1n) is 39.0. The fourth-order valence-electron chi connectivity index (χ4n) is 11.4. The fourth-order valence-corrected chi connectivity index (χ4v) is 13.0. The topological polar surface area (TPSA) is 237 Å². The van der Waals surface area contributed by atoms with Crippen molar-refractivity contribution in [2.24, 2.45) is 11.8 Å². The Morgan fingerprint density at radius 1 is 0.309 bits per heavy atom. The van der Waals surface area contributed by atoms with Crippen LogP contribution < -0.4 is 0 Å². The van der Waals surface area contributed by atoms with Gasteiger partial charge in [-0.15, -0.1) is 0 Å². The third-order valence-corrected chi connectivity index (χ3v) is 19.7. The lowest BCUT2D eigenvalue weighted by molar-refractivity contribution is -0.161. The maximum absolute atomic E-state index is 13.1. The van der Waals surface area contributed by atoms with Crippen LogP contribution in [0.1, 0.15) is 388 Å². The number of unbranched alkanes of at least 4 members (excludes halogenated alkanes) is 43. The average Bonchev–Trinajstić information content (AvgIpc) is 1.38. The highest BCUT2D eigenvalue weighted by atomic mass is 31.2. The van der Waals surface area contributed by atoms with Crippen molar-refractivity contribution in [2.75, 3.05) is 39.6 Å². The number of ether oxygens (including phenoxy) is 4. The van der Waals surface area contributed by atoms with Crippen LogP contribution in [0.2, 0.25) is 0 Å². The Kier molecular flexibility index (Phi) is 65.5. The molecule has 94 heavy (non-hydrogen) atoms. The van der Waals surface area contributed by atoms with Crippen molar-refractivity contribution >= 4 is 39.5 Å². The number of rotatable bonds is 74. The monoisotopic (exact) mass is 1380 g/mol. The minimum atomic E-state index is -4.96. The van der Waals surface area contributed by atoms with Crippen LogP contribution in [0, 0.1) is 11.8 Å². The van der Waals surface area contributed by atoms with Crippen molar-refractivity contribution < 1.29 is 80.2 Å². The Hall–Kier alpha value is -1.94. The smallest absolute Gasteiger partial charge is 0.462 e. The molecule has 0 amide bonds. The van der Waals surface area contributed by atoms with E-state index in [1.165, 1.54) is 199 Å². The van der Waals surface area contributed by atoms with Gasteiger partial charge in [-0.1, -0.05) is 337 Å². The number of hydrogen-bond donors (Lipinski definition) is 3. The zero-order valence-electron chi connectivity index (χ0n) is 61.3. The third-order valence-electron chi connectivity index (χ3n) is 17.8. The Balaban J connectivity index is 5.15. The second-order valence-corrected chi connectivity index (χ2v) is 30.7. The average molecular weight is 1380 g/mol. The number of aliphatic hydroxyl groups is 1. The van der Waals surface area contributed by atoms with Crippen LogP contribution in [-0.4, -0.2) is 96.7 Å². The normalized spacial score (nSPS) is 14.3. The Bertz CT molecular complexity index is 1820. The summed E-state index contributed by atoms with van der Waals surface area (Å²) in [4.78, 5) is 72.6. The van der Waals surface area contributed by atoms with Gasteiger partial charge in [-0.25, -0.2) is 9.13 Å². The van der Waals surface area contributed by atoms with Crippen molar-refractivity contribution in [3.05, 3.63) is 0 Å². The number of phosphoric acid groups is 2. The van der Waals surface area contributed by atoms with Gasteiger partial charge in [0.05, 0.1) is 26.4 Å². The Morgan fingerprint density at radius 3 is 0.809 bits per heavy atom. The molecule has 0 aromatic heterocycles. The van der Waals surface area contributed by atoms with Crippen LogP contribution in [0.3, 0.4) is 0 Å². The van der Waals surface area contributed by atoms with Gasteiger partial charge in [0.2, 0.25) is 0 Å². The van der Waals surface area contributed by atoms with Crippen LogP contribution in [0.4, 0.5) is 0 Å². The first-order valence-corrected chi connectivity index (χ1v) is 42.0. The molecule has 0 rings (SSSR count). The van der Waals surface area contributed by atoms with Gasteiger partial charge >= 0.3 is 39.5 Å². The molecule has 0 saturated carbocycles. The van der Waals surface area contributed by atoms with Gasteiger partial charge in [-0.2, -0.15) is 0 Å². The zero-order chi connectivity index (χ0) is 69.3. The van der Waals surface area contributed by atoms with E-state index in [4.69, 9.17) is 37.0 Å². The van der Waals surface area contributed by atoms with Crippen molar-refractivity contribution in [3.63, 3.8) is 0 Å². The second-order valence-electron chi connectivity index (χ2n) is 27.8. The van der Waals surface area contributed by atoms with E-state index in [9.17, 15) is 43.2 Å². The molecule has 19 heteroatoms. The molecule has 0 bridgehead atoms. The van der Waals surface area contributed by atoms with E-state index in [1.807, 2.05) is 0 Å². The molecular weight excluding hydrogens is 1230 g/mol. The number of hydrogen-bond acceptors (Lipinski definition) is 15. The molecule has 0 aliphatic heterocycles. The molecule has 0 aromatic rings. The molecule has 0 radical (unpaired) electrons. The van der Waals surface area contributed by atoms with E-state index < -0.39 is 97.5 Å². The summed E-state index contributed by atoms with van der Waals surface area (Å²) in [5, 5.41) is 10.6. The molecule has 0 aromatic carbocycles. The molecule has 0 fully saturated rings. The molecule has 3 unspecified atom stereocenters. The minimum absolute atomic E-state index is 0.103. The highest BCUT2D eigenvalue weighted by Crippen LogP contribution is 2.45. The molecule has 0 aliphatic carbocycles. The summed E-state index contributed by atoms with van der Waals surface area (Å²) in [5.41, 5.74) is 0. The molecule has 0 aliphatic rings. The summed E-state index contributed by atoms with van der Waals surface area (Å²) in [7, 11) is -9.90. The van der Waals surface area contributed by atoms with Crippen LogP contribution >= 0.6 is 15.6 Å². The van der Waals surface area contributed by atoms with Gasteiger partial charge in [0.1, 0.15) is 19.3 Å². The van der Waals surface area contributed by atoms with Gasteiger partial charge in [0, 0.05) is 25.7 Å². The first kappa shape index (κ1) is 92.1. The van der Waals surface area contributed by atoms with E-state index in [-0.39, 0.29) is 25.7 Å². The van der Waals surface area contributed by atoms with Crippen molar-refractivity contribution in [1.82, 2.24) is 0 Å². The number of aliphatic hydroxyl groups excluding tert-OH is 1. The zero-order valence-corrected chi connectivity index (χ0v) is 63.1. The molecular formula is C75H146O17P2. The van der Waals surface area contributed by atoms with E-state index in [1.54, 1.807) is 0 Å². The summed E-state index contributed by atoms with van der Waals surface area (Å²) >= 11 is 0. The first-order chi connectivity index (χ1) is 45.4. The van der Waals surface area contributed by atoms with Gasteiger partial charge in [-0.3, -0.25) is 37.3 Å². The molecule has 6 atom stereocenters. The Labute approximate surface area is 575 Å². The van der Waals surface area contributed by atoms with Crippen LogP contribution in [0.25, 0.3) is 0 Å². The fraction of sp³-hybridized carbons (Fsp3) is 0.947. The Morgan fingerprint density at radius 2 is 0.543 bits per heavy atom. The minimum Gasteiger partial charge on any atom is -0.462 e. The van der Waals surface area contributed by atoms with Crippen LogP contribution in [-0.2, 0) is 65.4 Å². The second kappa shape index (κ2) is 66.9. The lowest BCUT2D eigenvalue weighted by Crippen LogP contribution is -2.30. The van der Waals surface area contributed by atoms with Crippen LogP contribution in [0.15, 0.2) is 0 Å². The lowest BCUT2D eigenvalue weighted by Gasteiger charge is -2.21. The van der Waals surface area contributed by atoms with Crippen molar-refractivity contribution in [3.8, 4) is 0 Å². The van der Waals surface area contributed by atoms with E-state index in [0.29, 0.717) is 31.6 Å². The lowest BCUT2D eigenvalue weighted by atomic mass is 9.99. The van der Waals surface area contributed by atoms with Gasteiger partial charge in [-0.05, 0) is 37.5 Å². The predicted molar refractivity (Wildman–Crippen MR) is 381 cm³/mol. The summed E-state index contributed by atoms with van der Waals surface area (Å²) in [6.07, 6.45) is 54.3. The molecule has 3 N–H and O–H groups in total.